The van der Waals surface area contributed by atoms with Crippen molar-refractivity contribution in [2.75, 3.05) is 6.61 Å². The molecule has 1 aliphatic rings. The first-order chi connectivity index (χ1) is 13.1. The summed E-state index contributed by atoms with van der Waals surface area (Å²) in [6.45, 7) is 5.86. The fourth-order valence-electron chi connectivity index (χ4n) is 4.09. The summed E-state index contributed by atoms with van der Waals surface area (Å²) in [5, 5.41) is 0. The molecule has 0 unspecified atom stereocenters. The van der Waals surface area contributed by atoms with Crippen LogP contribution in [0, 0.1) is 17.6 Å². The summed E-state index contributed by atoms with van der Waals surface area (Å²) < 4.78 is 33.7. The lowest BCUT2D eigenvalue weighted by Gasteiger charge is -2.28. The molecule has 0 atom stereocenters. The van der Waals surface area contributed by atoms with E-state index in [0.717, 1.165) is 12.3 Å². The van der Waals surface area contributed by atoms with Crippen molar-refractivity contribution < 1.29 is 13.5 Å². The van der Waals surface area contributed by atoms with E-state index >= 15 is 0 Å². The molecule has 0 amide bonds. The van der Waals surface area contributed by atoms with Crippen LogP contribution in [0.15, 0.2) is 49.1 Å². The number of halogens is 2. The lowest BCUT2D eigenvalue weighted by atomic mass is 9.77. The Hall–Kier alpha value is -2.16. The smallest absolute Gasteiger partial charge is 0.201 e. The Labute approximate surface area is 161 Å². The molecule has 0 radical (unpaired) electrons. The highest BCUT2D eigenvalue weighted by atomic mass is 19.2. The quantitative estimate of drug-likeness (QED) is 0.466. The maximum atomic E-state index is 14.4. The van der Waals surface area contributed by atoms with Crippen molar-refractivity contribution in [1.29, 1.82) is 0 Å². The fraction of sp³-hybridized carbons (Fsp3) is 0.417. The predicted molar refractivity (Wildman–Crippen MR) is 107 cm³/mol. The summed E-state index contributed by atoms with van der Waals surface area (Å²) in [7, 11) is 0. The summed E-state index contributed by atoms with van der Waals surface area (Å²) >= 11 is 0. The van der Waals surface area contributed by atoms with E-state index in [4.69, 9.17) is 4.74 Å². The van der Waals surface area contributed by atoms with Crippen LogP contribution in [0.1, 0.15) is 56.9 Å². The number of allylic oxidation sites excluding steroid dienone is 1. The highest BCUT2D eigenvalue weighted by Gasteiger charge is 2.22. The Morgan fingerprint density at radius 1 is 1.00 bits per heavy atom. The van der Waals surface area contributed by atoms with Gasteiger partial charge in [-0.1, -0.05) is 30.3 Å². The minimum Gasteiger partial charge on any atom is -0.491 e. The Morgan fingerprint density at radius 3 is 2.33 bits per heavy atom. The first-order valence-electron chi connectivity index (χ1n) is 9.96. The lowest BCUT2D eigenvalue weighted by molar-refractivity contribution is 0.312. The molecule has 3 heteroatoms. The summed E-state index contributed by atoms with van der Waals surface area (Å²) in [6, 6.07) is 11.0. The van der Waals surface area contributed by atoms with Gasteiger partial charge < -0.3 is 4.74 Å². The molecule has 2 aromatic rings. The Morgan fingerprint density at radius 2 is 1.70 bits per heavy atom. The highest BCUT2D eigenvalue weighted by molar-refractivity contribution is 5.65. The van der Waals surface area contributed by atoms with Crippen LogP contribution in [0.3, 0.4) is 0 Å². The van der Waals surface area contributed by atoms with E-state index in [1.807, 2.05) is 18.2 Å². The largest absolute Gasteiger partial charge is 0.491 e. The molecular weight excluding hydrogens is 342 g/mol. The molecule has 144 valence electrons. The van der Waals surface area contributed by atoms with Gasteiger partial charge in [-0.05, 0) is 80.5 Å². The van der Waals surface area contributed by atoms with Crippen molar-refractivity contribution in [3.63, 3.8) is 0 Å². The monoisotopic (exact) mass is 370 g/mol. The second-order valence-corrected chi connectivity index (χ2v) is 7.38. The zero-order valence-corrected chi connectivity index (χ0v) is 16.0. The Bertz CT molecular complexity index is 759. The second kappa shape index (κ2) is 9.16. The average Bonchev–Trinajstić information content (AvgIpc) is 2.71. The lowest BCUT2D eigenvalue weighted by Crippen LogP contribution is -2.13. The molecule has 1 nitrogen and oxygen atoms in total. The Kier molecular flexibility index (Phi) is 6.65. The van der Waals surface area contributed by atoms with Gasteiger partial charge in [0.2, 0.25) is 5.82 Å². The predicted octanol–water partition coefficient (Wildman–Crippen LogP) is 7.27. The molecule has 1 aliphatic carbocycles. The van der Waals surface area contributed by atoms with Crippen LogP contribution in [0.5, 0.6) is 5.75 Å². The maximum Gasteiger partial charge on any atom is 0.201 e. The van der Waals surface area contributed by atoms with Crippen molar-refractivity contribution >= 4 is 0 Å². The number of rotatable bonds is 7. The van der Waals surface area contributed by atoms with Gasteiger partial charge in [0, 0.05) is 5.56 Å². The van der Waals surface area contributed by atoms with Crippen LogP contribution < -0.4 is 4.74 Å². The third-order valence-corrected chi connectivity index (χ3v) is 5.67. The van der Waals surface area contributed by atoms with Crippen LogP contribution in [-0.4, -0.2) is 6.61 Å². The first-order valence-corrected chi connectivity index (χ1v) is 9.96. The third kappa shape index (κ3) is 4.58. The molecule has 3 rings (SSSR count). The van der Waals surface area contributed by atoms with Gasteiger partial charge in [-0.2, -0.15) is 4.39 Å². The zero-order chi connectivity index (χ0) is 19.2. The van der Waals surface area contributed by atoms with Crippen LogP contribution in [0.4, 0.5) is 8.78 Å². The topological polar surface area (TPSA) is 9.23 Å². The van der Waals surface area contributed by atoms with Gasteiger partial charge >= 0.3 is 0 Å². The zero-order valence-electron chi connectivity index (χ0n) is 16.0. The SMILES string of the molecule is C=CCCC1CCC(c2ccc(-c3ccc(OCC)c(F)c3F)cc2)CC1. The minimum atomic E-state index is -0.920. The van der Waals surface area contributed by atoms with Crippen molar-refractivity contribution in [2.24, 2.45) is 5.92 Å². The van der Waals surface area contributed by atoms with Crippen molar-refractivity contribution in [1.82, 2.24) is 0 Å². The molecule has 0 aliphatic heterocycles. The summed E-state index contributed by atoms with van der Waals surface area (Å²) in [5.74, 6) is -0.420. The van der Waals surface area contributed by atoms with Gasteiger partial charge in [0.25, 0.3) is 0 Å². The van der Waals surface area contributed by atoms with E-state index in [1.54, 1.807) is 13.0 Å². The van der Waals surface area contributed by atoms with Crippen LogP contribution in [0.25, 0.3) is 11.1 Å². The number of hydrogen-bond acceptors (Lipinski definition) is 1. The molecular formula is C24H28F2O. The molecule has 0 bridgehead atoms. The highest BCUT2D eigenvalue weighted by Crippen LogP contribution is 2.38. The Balaban J connectivity index is 1.69. The molecule has 1 saturated carbocycles. The van der Waals surface area contributed by atoms with Gasteiger partial charge in [-0.3, -0.25) is 0 Å². The van der Waals surface area contributed by atoms with Crippen molar-refractivity contribution in [2.45, 2.75) is 51.4 Å². The van der Waals surface area contributed by atoms with Crippen LogP contribution >= 0.6 is 0 Å². The minimum absolute atomic E-state index is 0.0383. The van der Waals surface area contributed by atoms with E-state index < -0.39 is 11.6 Å². The van der Waals surface area contributed by atoms with E-state index in [1.165, 1.54) is 43.7 Å². The van der Waals surface area contributed by atoms with Crippen molar-refractivity contribution in [3.8, 4) is 16.9 Å². The normalized spacial score (nSPS) is 19.7. The van der Waals surface area contributed by atoms with Gasteiger partial charge in [0.05, 0.1) is 6.61 Å². The standard InChI is InChI=1S/C24H28F2O/c1-3-5-6-17-7-9-18(10-8-17)19-11-13-20(14-12-19)21-15-16-22(27-4-2)24(26)23(21)25/h3,11-18H,1,4-10H2,2H3. The first kappa shape index (κ1) is 19.6. The number of benzene rings is 2. The number of hydrogen-bond donors (Lipinski definition) is 0. The molecule has 27 heavy (non-hydrogen) atoms. The summed E-state index contributed by atoms with van der Waals surface area (Å²) in [6.07, 6.45) is 9.29. The molecule has 0 spiro atoms. The van der Waals surface area contributed by atoms with Gasteiger partial charge in [-0.15, -0.1) is 6.58 Å². The molecule has 0 N–H and O–H groups in total. The molecule has 1 fully saturated rings. The third-order valence-electron chi connectivity index (χ3n) is 5.67. The van der Waals surface area contributed by atoms with Gasteiger partial charge in [0.15, 0.2) is 11.6 Å². The molecule has 0 heterocycles. The van der Waals surface area contributed by atoms with E-state index in [0.29, 0.717) is 18.1 Å². The van der Waals surface area contributed by atoms with Crippen molar-refractivity contribution in [3.05, 3.63) is 66.3 Å². The van der Waals surface area contributed by atoms with E-state index in [-0.39, 0.29) is 11.3 Å². The fourth-order valence-corrected chi connectivity index (χ4v) is 4.09. The van der Waals surface area contributed by atoms with Crippen LogP contribution in [0.2, 0.25) is 0 Å². The average molecular weight is 370 g/mol. The van der Waals surface area contributed by atoms with E-state index in [2.05, 4.69) is 18.7 Å². The van der Waals surface area contributed by atoms with E-state index in [9.17, 15) is 8.78 Å². The maximum absolute atomic E-state index is 14.4. The summed E-state index contributed by atoms with van der Waals surface area (Å²) in [4.78, 5) is 0. The molecule has 0 saturated heterocycles. The molecule has 0 aromatic heterocycles. The van der Waals surface area contributed by atoms with Crippen LogP contribution in [-0.2, 0) is 0 Å². The summed E-state index contributed by atoms with van der Waals surface area (Å²) in [5.41, 5.74) is 2.27. The number of ether oxygens (including phenoxy) is 1. The second-order valence-electron chi connectivity index (χ2n) is 7.38. The van der Waals surface area contributed by atoms with Gasteiger partial charge in [0.1, 0.15) is 0 Å². The van der Waals surface area contributed by atoms with Gasteiger partial charge in [-0.25, -0.2) is 4.39 Å². The molecule has 2 aromatic carbocycles.